The molecule has 0 amide bonds. The maximum absolute atomic E-state index is 2.58. The summed E-state index contributed by atoms with van der Waals surface area (Å²) in [7, 11) is 0. The second kappa shape index (κ2) is 9.81. The number of rotatable bonds is 3. The number of para-hydroxylation sites is 4. The average Bonchev–Trinajstić information content (AvgIpc) is 3.95. The van der Waals surface area contributed by atoms with Crippen LogP contribution in [0, 0.1) is 0 Å². The molecule has 0 N–H and O–H groups in total. The lowest BCUT2D eigenvalue weighted by atomic mass is 9.99. The highest BCUT2D eigenvalue weighted by molar-refractivity contribution is 6.38. The largest absolute Gasteiger partial charge is 0.308 e. The first-order chi connectivity index (χ1) is 26.3. The van der Waals surface area contributed by atoms with Crippen LogP contribution in [0.15, 0.2) is 176 Å². The van der Waals surface area contributed by atoms with Crippen LogP contribution in [0.1, 0.15) is 0 Å². The minimum atomic E-state index is 1.13. The van der Waals surface area contributed by atoms with E-state index in [1.54, 1.807) is 0 Å². The lowest BCUT2D eigenvalue weighted by Gasteiger charge is -2.27. The van der Waals surface area contributed by atoms with Crippen LogP contribution < -0.4 is 4.90 Å². The normalized spacial score (nSPS) is 12.5. The van der Waals surface area contributed by atoms with Gasteiger partial charge < -0.3 is 13.7 Å². The van der Waals surface area contributed by atoms with Gasteiger partial charge in [-0.3, -0.25) is 0 Å². The van der Waals surface area contributed by atoms with Crippen LogP contribution in [0.5, 0.6) is 0 Å². The van der Waals surface area contributed by atoms with E-state index in [0.29, 0.717) is 0 Å². The first-order valence-electron chi connectivity index (χ1n) is 18.4. The molecule has 0 unspecified atom stereocenters. The molecule has 0 aliphatic heterocycles. The number of anilines is 3. The molecule has 4 heterocycles. The van der Waals surface area contributed by atoms with E-state index in [1.807, 2.05) is 0 Å². The predicted octanol–water partition coefficient (Wildman–Crippen LogP) is 13.8. The van der Waals surface area contributed by atoms with Crippen molar-refractivity contribution in [3.63, 3.8) is 0 Å². The molecule has 0 spiro atoms. The van der Waals surface area contributed by atoms with Gasteiger partial charge in [-0.2, -0.15) is 0 Å². The van der Waals surface area contributed by atoms with Gasteiger partial charge in [0, 0.05) is 54.5 Å². The van der Waals surface area contributed by atoms with Crippen molar-refractivity contribution in [2.24, 2.45) is 0 Å². The molecule has 0 aliphatic carbocycles. The lowest BCUT2D eigenvalue weighted by molar-refractivity contribution is 1.27. The molecule has 13 rings (SSSR count). The fraction of sp³-hybridized carbons (Fsp3) is 0. The molecule has 0 bridgehead atoms. The summed E-state index contributed by atoms with van der Waals surface area (Å²) in [6, 6.07) is 65.0. The Morgan fingerprint density at radius 1 is 0.302 bits per heavy atom. The first-order valence-corrected chi connectivity index (χ1v) is 18.4. The number of benzene rings is 9. The molecule has 0 saturated heterocycles. The third-order valence-corrected chi connectivity index (χ3v) is 11.9. The fourth-order valence-corrected chi connectivity index (χ4v) is 9.82. The van der Waals surface area contributed by atoms with E-state index in [0.717, 1.165) is 17.1 Å². The molecule has 244 valence electrons. The van der Waals surface area contributed by atoms with E-state index in [-0.39, 0.29) is 0 Å². The predicted molar refractivity (Wildman–Crippen MR) is 225 cm³/mol. The summed E-state index contributed by atoms with van der Waals surface area (Å²) in [5.74, 6) is 0. The molecule has 0 fully saturated rings. The van der Waals surface area contributed by atoms with Crippen molar-refractivity contribution in [3.8, 4) is 0 Å². The van der Waals surface area contributed by atoms with Crippen molar-refractivity contribution >= 4 is 115 Å². The van der Waals surface area contributed by atoms with Crippen LogP contribution >= 0.6 is 0 Å². The van der Waals surface area contributed by atoms with Crippen molar-refractivity contribution < 1.29 is 0 Å². The Morgan fingerprint density at radius 2 is 0.811 bits per heavy atom. The summed E-state index contributed by atoms with van der Waals surface area (Å²) in [6.07, 6.45) is 0. The molecule has 9 aromatic carbocycles. The zero-order valence-corrected chi connectivity index (χ0v) is 28.6. The zero-order valence-electron chi connectivity index (χ0n) is 28.6. The highest BCUT2D eigenvalue weighted by Gasteiger charge is 2.27. The Balaban J connectivity index is 1.25. The minimum absolute atomic E-state index is 1.13. The number of hydrogen-bond donors (Lipinski definition) is 0. The minimum Gasteiger partial charge on any atom is -0.308 e. The van der Waals surface area contributed by atoms with Crippen molar-refractivity contribution in [2.45, 2.75) is 0 Å². The lowest BCUT2D eigenvalue weighted by Crippen LogP contribution is -2.11. The zero-order chi connectivity index (χ0) is 34.4. The van der Waals surface area contributed by atoms with Crippen molar-refractivity contribution in [3.05, 3.63) is 176 Å². The number of fused-ring (bicyclic) bond motifs is 16. The van der Waals surface area contributed by atoms with Gasteiger partial charge in [0.1, 0.15) is 0 Å². The van der Waals surface area contributed by atoms with E-state index < -0.39 is 0 Å². The van der Waals surface area contributed by atoms with Crippen LogP contribution in [0.3, 0.4) is 0 Å². The smallest absolute Gasteiger partial charge is 0.0789 e. The average molecular weight is 672 g/mol. The standard InChI is InChI=1S/C50H29N3/c1-3-16-33(17-4-1)51(34-18-5-2-6-19-34)44-29-32-15-9-10-20-35(32)45-37-22-12-24-39-47-42(53(49(37)39)50(44)45)26-25-41-46(47)38-23-11-21-36-40-27-30-13-7-8-14-31(30)28-43(40)52(41)48(36)38/h1-29H. The van der Waals surface area contributed by atoms with Gasteiger partial charge in [0.05, 0.1) is 38.8 Å². The Bertz CT molecular complexity index is 3570. The molecule has 0 radical (unpaired) electrons. The Morgan fingerprint density at radius 3 is 1.49 bits per heavy atom. The molecule has 4 aromatic heterocycles. The number of aromatic nitrogens is 2. The van der Waals surface area contributed by atoms with Gasteiger partial charge in [0.15, 0.2) is 0 Å². The molecular weight excluding hydrogens is 643 g/mol. The third-order valence-electron chi connectivity index (χ3n) is 11.9. The summed E-state index contributed by atoms with van der Waals surface area (Å²) in [6.45, 7) is 0. The molecule has 0 aliphatic rings. The van der Waals surface area contributed by atoms with Crippen molar-refractivity contribution in [1.82, 2.24) is 8.80 Å². The summed E-state index contributed by atoms with van der Waals surface area (Å²) >= 11 is 0. The van der Waals surface area contributed by atoms with E-state index >= 15 is 0 Å². The number of nitrogens with zero attached hydrogens (tertiary/aromatic N) is 3. The Labute approximate surface area is 303 Å². The van der Waals surface area contributed by atoms with Gasteiger partial charge in [-0.25, -0.2) is 0 Å². The first kappa shape index (κ1) is 27.6. The van der Waals surface area contributed by atoms with Gasteiger partial charge in [-0.05, 0) is 76.1 Å². The molecule has 0 atom stereocenters. The molecule has 3 heteroatoms. The maximum Gasteiger partial charge on any atom is 0.0789 e. The SMILES string of the molecule is c1ccc(N(c2ccccc2)c2cc3ccccc3c3c4cccc5c6c7c8cccc9c%10cc%11ccccc%11cc%10n(c7ccc6n(c23)c54)c98)cc1. The summed E-state index contributed by atoms with van der Waals surface area (Å²) in [4.78, 5) is 2.44. The molecule has 53 heavy (non-hydrogen) atoms. The van der Waals surface area contributed by atoms with Crippen LogP contribution in [0.4, 0.5) is 17.1 Å². The topological polar surface area (TPSA) is 12.1 Å². The summed E-state index contributed by atoms with van der Waals surface area (Å²) < 4.78 is 5.11. The molecule has 0 saturated carbocycles. The molecule has 13 aromatic rings. The van der Waals surface area contributed by atoms with E-state index in [1.165, 1.54) is 97.7 Å². The molecular formula is C50H29N3. The van der Waals surface area contributed by atoms with Crippen molar-refractivity contribution in [2.75, 3.05) is 4.90 Å². The van der Waals surface area contributed by atoms with Gasteiger partial charge in [0.25, 0.3) is 0 Å². The second-order valence-electron chi connectivity index (χ2n) is 14.5. The highest BCUT2D eigenvalue weighted by Crippen LogP contribution is 2.51. The monoisotopic (exact) mass is 671 g/mol. The Hall–Kier alpha value is -7.10. The van der Waals surface area contributed by atoms with E-state index in [2.05, 4.69) is 190 Å². The summed E-state index contributed by atoms with van der Waals surface area (Å²) in [5, 5.41) is 15.5. The maximum atomic E-state index is 2.58. The van der Waals surface area contributed by atoms with Crippen LogP contribution in [0.25, 0.3) is 97.7 Å². The fourth-order valence-electron chi connectivity index (χ4n) is 9.82. The second-order valence-corrected chi connectivity index (χ2v) is 14.5. The van der Waals surface area contributed by atoms with Gasteiger partial charge in [0.2, 0.25) is 0 Å². The third kappa shape index (κ3) is 3.40. The van der Waals surface area contributed by atoms with Crippen molar-refractivity contribution in [1.29, 1.82) is 0 Å². The van der Waals surface area contributed by atoms with Crippen LogP contribution in [-0.4, -0.2) is 8.80 Å². The quantitative estimate of drug-likeness (QED) is 0.182. The highest BCUT2D eigenvalue weighted by atomic mass is 15.2. The van der Waals surface area contributed by atoms with Gasteiger partial charge in [-0.1, -0.05) is 121 Å². The van der Waals surface area contributed by atoms with Gasteiger partial charge >= 0.3 is 0 Å². The summed E-state index contributed by atoms with van der Waals surface area (Å²) in [5.41, 5.74) is 11.0. The Kier molecular flexibility index (Phi) is 5.11. The molecule has 3 nitrogen and oxygen atoms in total. The van der Waals surface area contributed by atoms with E-state index in [9.17, 15) is 0 Å². The van der Waals surface area contributed by atoms with Crippen LogP contribution in [-0.2, 0) is 0 Å². The number of hydrogen-bond acceptors (Lipinski definition) is 1. The van der Waals surface area contributed by atoms with Crippen LogP contribution in [0.2, 0.25) is 0 Å². The van der Waals surface area contributed by atoms with Gasteiger partial charge in [-0.15, -0.1) is 0 Å². The van der Waals surface area contributed by atoms with E-state index in [4.69, 9.17) is 0 Å².